The van der Waals surface area contributed by atoms with Crippen molar-refractivity contribution in [2.24, 2.45) is 11.5 Å². The number of benzene rings is 1. The van der Waals surface area contributed by atoms with Crippen LogP contribution in [0.2, 0.25) is 0 Å². The van der Waals surface area contributed by atoms with Crippen LogP contribution >= 0.6 is 22.6 Å². The summed E-state index contributed by atoms with van der Waals surface area (Å²) in [6.07, 6.45) is -1.91. The minimum absolute atomic E-state index is 0.112. The predicted octanol–water partition coefficient (Wildman–Crippen LogP) is -1.72. The van der Waals surface area contributed by atoms with Crippen LogP contribution in [-0.2, 0) is 24.0 Å². The molecule has 0 saturated carbocycles. The van der Waals surface area contributed by atoms with Crippen molar-refractivity contribution in [3.63, 3.8) is 0 Å². The summed E-state index contributed by atoms with van der Waals surface area (Å²) in [5.41, 5.74) is 9.71. The Morgan fingerprint density at radius 3 is 2.32 bits per heavy atom. The lowest BCUT2D eigenvalue weighted by atomic mass is 10.1. The number of amides is 5. The van der Waals surface area contributed by atoms with Crippen LogP contribution in [-0.4, -0.2) is 70.3 Å². The van der Waals surface area contributed by atoms with Gasteiger partial charge in [-0.15, -0.1) is 0 Å². The average molecular weight is 634 g/mol. The van der Waals surface area contributed by atoms with Gasteiger partial charge in [-0.3, -0.25) is 38.9 Å². The van der Waals surface area contributed by atoms with E-state index in [1.165, 1.54) is 0 Å². The van der Waals surface area contributed by atoms with Gasteiger partial charge in [-0.05, 0) is 29.0 Å². The summed E-state index contributed by atoms with van der Waals surface area (Å²) in [6, 6.07) is -2.42. The van der Waals surface area contributed by atoms with Gasteiger partial charge in [0.1, 0.15) is 23.9 Å². The molecule has 0 radical (unpaired) electrons. The summed E-state index contributed by atoms with van der Waals surface area (Å²) in [7, 11) is 0. The number of nitrogens with zero attached hydrogens (tertiary/aromatic N) is 1. The maximum atomic E-state index is 13.1. The number of hydrogen-bond donors (Lipinski definition) is 6. The summed E-state index contributed by atoms with van der Waals surface area (Å²) in [4.78, 5) is 83.9. The van der Waals surface area contributed by atoms with Crippen LogP contribution in [0, 0.1) is 13.7 Å². The van der Waals surface area contributed by atoms with E-state index in [2.05, 4.69) is 16.0 Å². The van der Waals surface area contributed by atoms with E-state index in [4.69, 9.17) is 21.3 Å². The number of nitro groups is 1. The quantitative estimate of drug-likeness (QED) is 0.112. The van der Waals surface area contributed by atoms with E-state index < -0.39 is 83.5 Å². The molecule has 0 saturated heterocycles. The number of carboxylic acids is 1. The Hall–Kier alpha value is -4.03. The minimum atomic E-state index is -1.59. The molecule has 1 aromatic rings. The van der Waals surface area contributed by atoms with Gasteiger partial charge in [0, 0.05) is 25.0 Å². The minimum Gasteiger partial charge on any atom is -0.492 e. The zero-order chi connectivity index (χ0) is 27.9. The molecule has 1 heterocycles. The smallest absolute Gasteiger partial charge is 0.303 e. The van der Waals surface area contributed by atoms with Crippen LogP contribution in [0.15, 0.2) is 12.1 Å². The fourth-order valence-electron chi connectivity index (χ4n) is 3.29. The fourth-order valence-corrected chi connectivity index (χ4v) is 4.06. The highest BCUT2D eigenvalue weighted by Gasteiger charge is 2.32. The van der Waals surface area contributed by atoms with Crippen molar-refractivity contribution < 1.29 is 43.5 Å². The van der Waals surface area contributed by atoms with Gasteiger partial charge in [0.15, 0.2) is 0 Å². The van der Waals surface area contributed by atoms with Crippen LogP contribution in [0.1, 0.15) is 36.0 Å². The molecule has 0 aromatic heterocycles. The number of fused-ring (bicyclic) bond motifs is 1. The van der Waals surface area contributed by atoms with Crippen molar-refractivity contribution >= 4 is 63.8 Å². The molecular weight excluding hydrogens is 611 g/mol. The first-order chi connectivity index (χ1) is 17.3. The Labute approximate surface area is 222 Å². The Morgan fingerprint density at radius 1 is 1.11 bits per heavy atom. The molecule has 5 amide bonds. The molecule has 0 unspecified atom stereocenters. The molecule has 0 fully saturated rings. The number of aliphatic carboxylic acids is 1. The third kappa shape index (κ3) is 8.26. The van der Waals surface area contributed by atoms with Crippen molar-refractivity contribution in [1.82, 2.24) is 16.0 Å². The van der Waals surface area contributed by atoms with Crippen LogP contribution < -0.4 is 32.2 Å². The number of rotatable bonds is 7. The second-order valence-corrected chi connectivity index (χ2v) is 9.01. The second-order valence-electron chi connectivity index (χ2n) is 7.85. The molecule has 0 spiro atoms. The number of carbonyl (C=O) groups is 6. The molecule has 8 N–H and O–H groups in total. The van der Waals surface area contributed by atoms with Gasteiger partial charge < -0.3 is 37.3 Å². The zero-order valence-corrected chi connectivity index (χ0v) is 21.2. The van der Waals surface area contributed by atoms with Gasteiger partial charge in [-0.2, -0.15) is 0 Å². The normalized spacial score (nSPS) is 20.7. The van der Waals surface area contributed by atoms with Crippen molar-refractivity contribution in [2.45, 2.75) is 43.8 Å². The fraction of sp³-hybridized carbons (Fsp3) is 0.400. The Bertz CT molecular complexity index is 1140. The topological polar surface area (TPSA) is 263 Å². The van der Waals surface area contributed by atoms with Crippen molar-refractivity contribution in [3.8, 4) is 5.75 Å². The molecule has 1 aliphatic heterocycles. The molecule has 3 atom stereocenters. The molecule has 1 aromatic carbocycles. The number of carboxylic acid groups (broad SMARTS) is 1. The van der Waals surface area contributed by atoms with Gasteiger partial charge in [0.2, 0.25) is 23.6 Å². The van der Waals surface area contributed by atoms with Crippen molar-refractivity contribution in [1.29, 1.82) is 0 Å². The summed E-state index contributed by atoms with van der Waals surface area (Å²) in [5, 5.41) is 27.2. The zero-order valence-electron chi connectivity index (χ0n) is 19.0. The summed E-state index contributed by atoms with van der Waals surface area (Å²) < 4.78 is 5.77. The maximum Gasteiger partial charge on any atom is 0.303 e. The number of ether oxygens (including phenoxy) is 1. The first-order valence-corrected chi connectivity index (χ1v) is 11.7. The number of nitrogens with one attached hydrogen (secondary N) is 3. The molecule has 37 heavy (non-hydrogen) atoms. The maximum absolute atomic E-state index is 13.1. The number of halogens is 1. The van der Waals surface area contributed by atoms with Crippen LogP contribution in [0.25, 0.3) is 0 Å². The van der Waals surface area contributed by atoms with Gasteiger partial charge in [-0.25, -0.2) is 0 Å². The third-order valence-electron chi connectivity index (χ3n) is 5.10. The van der Waals surface area contributed by atoms with E-state index in [0.29, 0.717) is 0 Å². The summed E-state index contributed by atoms with van der Waals surface area (Å²) in [5.74, 6) is -6.41. The largest absolute Gasteiger partial charge is 0.492 e. The highest BCUT2D eigenvalue weighted by atomic mass is 127. The van der Waals surface area contributed by atoms with E-state index >= 15 is 0 Å². The molecule has 200 valence electrons. The molecule has 1 aliphatic rings. The summed E-state index contributed by atoms with van der Waals surface area (Å²) >= 11 is 1.69. The second kappa shape index (κ2) is 12.8. The predicted molar refractivity (Wildman–Crippen MR) is 131 cm³/mol. The van der Waals surface area contributed by atoms with E-state index in [0.717, 1.165) is 12.1 Å². The summed E-state index contributed by atoms with van der Waals surface area (Å²) in [6.45, 7) is -0.280. The number of non-ortho nitro benzene ring substituents is 1. The SMILES string of the molecule is NC(=O)C[C@@H]1NC(=O)[C@H](CCC(=O)O)NC(=O)c2cc([N+](=O)[O-])cc(I)c2OCC[C@@H](C(N)=O)NC1=O. The third-order valence-corrected chi connectivity index (χ3v) is 5.90. The van der Waals surface area contributed by atoms with Crippen molar-refractivity contribution in [3.05, 3.63) is 31.4 Å². The lowest BCUT2D eigenvalue weighted by molar-refractivity contribution is -0.385. The molecule has 16 nitrogen and oxygen atoms in total. The van der Waals surface area contributed by atoms with E-state index in [9.17, 15) is 38.9 Å². The van der Waals surface area contributed by atoms with Gasteiger partial charge >= 0.3 is 5.97 Å². The number of primary amides is 2. The van der Waals surface area contributed by atoms with Crippen LogP contribution in [0.4, 0.5) is 5.69 Å². The molecule has 0 bridgehead atoms. The molecule has 0 aliphatic carbocycles. The Balaban J connectivity index is 2.58. The highest BCUT2D eigenvalue weighted by Crippen LogP contribution is 2.31. The monoisotopic (exact) mass is 634 g/mol. The van der Waals surface area contributed by atoms with Gasteiger partial charge in [0.25, 0.3) is 11.6 Å². The molecule has 2 rings (SSSR count). The molecule has 17 heteroatoms. The molecular formula is C20H23IN6O10. The average Bonchev–Trinajstić information content (AvgIpc) is 2.79. The number of hydrogen-bond acceptors (Lipinski definition) is 9. The van der Waals surface area contributed by atoms with Crippen molar-refractivity contribution in [2.75, 3.05) is 6.61 Å². The van der Waals surface area contributed by atoms with Crippen LogP contribution in [0.3, 0.4) is 0 Å². The number of nitro benzene ring substituents is 1. The van der Waals surface area contributed by atoms with Gasteiger partial charge in [-0.1, -0.05) is 0 Å². The van der Waals surface area contributed by atoms with Crippen LogP contribution in [0.5, 0.6) is 5.75 Å². The van der Waals surface area contributed by atoms with E-state index in [1.54, 1.807) is 22.6 Å². The first-order valence-electron chi connectivity index (χ1n) is 10.6. The Morgan fingerprint density at radius 2 is 1.76 bits per heavy atom. The van der Waals surface area contributed by atoms with E-state index in [1.807, 2.05) is 0 Å². The standard InChI is InChI=1S/C20H23IN6O10/c21-10-6-8(27(35)36)5-9-16(10)37-4-3-11(17(23)31)24-20(34)13(7-14(22)28)26-19(33)12(25-18(9)32)1-2-15(29)30/h5-6,11-13H,1-4,7H2,(H2,22,28)(H2,23,31)(H,24,34)(H,25,32)(H,26,33)(H,29,30)/t11-,12-,13-/m0/s1. The Kier molecular flexibility index (Phi) is 10.1. The van der Waals surface area contributed by atoms with Gasteiger partial charge in [0.05, 0.1) is 27.1 Å². The first kappa shape index (κ1) is 29.2. The lowest BCUT2D eigenvalue weighted by Gasteiger charge is -2.25. The lowest BCUT2D eigenvalue weighted by Crippen LogP contribution is -2.57. The highest BCUT2D eigenvalue weighted by molar-refractivity contribution is 14.1. The number of carbonyl (C=O) groups excluding carboxylic acids is 5. The number of nitrogens with two attached hydrogens (primary N) is 2. The van der Waals surface area contributed by atoms with E-state index in [-0.39, 0.29) is 27.9 Å².